The summed E-state index contributed by atoms with van der Waals surface area (Å²) in [5.74, 6) is 1.00. The van der Waals surface area contributed by atoms with Crippen LogP contribution in [0.4, 0.5) is 0 Å². The minimum atomic E-state index is -0.825. The Morgan fingerprint density at radius 3 is 2.67 bits per heavy atom. The molecular formula is C11H16O2S2. The zero-order chi connectivity index (χ0) is 11.3. The van der Waals surface area contributed by atoms with E-state index in [0.717, 1.165) is 16.6 Å². The predicted octanol–water partition coefficient (Wildman–Crippen LogP) is 3.97. The largest absolute Gasteiger partial charge is 0.477 e. The minimum Gasteiger partial charge on any atom is -0.477 e. The number of rotatable bonds is 6. The van der Waals surface area contributed by atoms with Crippen LogP contribution in [0, 0.1) is 5.92 Å². The average molecular weight is 244 g/mol. The van der Waals surface area contributed by atoms with Crippen molar-refractivity contribution in [3.8, 4) is 0 Å². The Hall–Kier alpha value is -0.480. The summed E-state index contributed by atoms with van der Waals surface area (Å²) in [6.07, 6.45) is 2.39. The lowest BCUT2D eigenvalue weighted by atomic mass is 10.1. The zero-order valence-electron chi connectivity index (χ0n) is 9.03. The SMILES string of the molecule is CCC(CC)CSc1csc(C(=O)O)c1. The molecule has 1 rings (SSSR count). The quantitative estimate of drug-likeness (QED) is 0.769. The van der Waals surface area contributed by atoms with Gasteiger partial charge in [-0.2, -0.15) is 0 Å². The zero-order valence-corrected chi connectivity index (χ0v) is 10.7. The topological polar surface area (TPSA) is 37.3 Å². The van der Waals surface area contributed by atoms with Gasteiger partial charge in [0.25, 0.3) is 0 Å². The highest BCUT2D eigenvalue weighted by molar-refractivity contribution is 7.99. The van der Waals surface area contributed by atoms with Gasteiger partial charge in [-0.15, -0.1) is 23.1 Å². The van der Waals surface area contributed by atoms with E-state index in [4.69, 9.17) is 5.11 Å². The second kappa shape index (κ2) is 6.18. The van der Waals surface area contributed by atoms with E-state index in [1.165, 1.54) is 24.2 Å². The van der Waals surface area contributed by atoms with Crippen LogP contribution in [0.25, 0.3) is 0 Å². The van der Waals surface area contributed by atoms with Gasteiger partial charge in [-0.3, -0.25) is 0 Å². The maximum atomic E-state index is 10.7. The smallest absolute Gasteiger partial charge is 0.345 e. The molecule has 84 valence electrons. The predicted molar refractivity (Wildman–Crippen MR) is 66.1 cm³/mol. The van der Waals surface area contributed by atoms with Crippen LogP contribution in [-0.2, 0) is 0 Å². The highest BCUT2D eigenvalue weighted by atomic mass is 32.2. The summed E-state index contributed by atoms with van der Waals surface area (Å²) in [5, 5.41) is 10.7. The molecule has 0 unspecified atom stereocenters. The van der Waals surface area contributed by atoms with Gasteiger partial charge >= 0.3 is 5.97 Å². The molecule has 4 heteroatoms. The van der Waals surface area contributed by atoms with E-state index in [2.05, 4.69) is 13.8 Å². The molecule has 0 aliphatic rings. The molecule has 0 aliphatic heterocycles. The molecule has 0 aliphatic carbocycles. The normalized spacial score (nSPS) is 10.9. The molecule has 0 fully saturated rings. The first-order valence-corrected chi connectivity index (χ1v) is 6.98. The van der Waals surface area contributed by atoms with E-state index in [1.807, 2.05) is 5.38 Å². The molecule has 1 aromatic rings. The second-order valence-corrected chi connectivity index (χ2v) is 5.45. The molecule has 0 amide bonds. The summed E-state index contributed by atoms with van der Waals surface area (Å²) >= 11 is 3.07. The van der Waals surface area contributed by atoms with Crippen molar-refractivity contribution in [2.24, 2.45) is 5.92 Å². The Kier molecular flexibility index (Phi) is 5.19. The average Bonchev–Trinajstić information content (AvgIpc) is 2.68. The molecule has 15 heavy (non-hydrogen) atoms. The van der Waals surface area contributed by atoms with Crippen LogP contribution >= 0.6 is 23.1 Å². The molecule has 2 nitrogen and oxygen atoms in total. The standard InChI is InChI=1S/C11H16O2S2/c1-3-8(4-2)6-14-9-5-10(11(12)13)15-7-9/h5,7-8H,3-4,6H2,1-2H3,(H,12,13). The van der Waals surface area contributed by atoms with Crippen molar-refractivity contribution >= 4 is 29.1 Å². The van der Waals surface area contributed by atoms with Crippen molar-refractivity contribution in [1.82, 2.24) is 0 Å². The van der Waals surface area contributed by atoms with Crippen molar-refractivity contribution in [2.75, 3.05) is 5.75 Å². The fourth-order valence-electron chi connectivity index (χ4n) is 1.25. The lowest BCUT2D eigenvalue weighted by Crippen LogP contribution is -1.99. The number of thiophene rings is 1. The summed E-state index contributed by atoms with van der Waals surface area (Å²) in [7, 11) is 0. The molecule has 0 atom stereocenters. The van der Waals surface area contributed by atoms with Crippen LogP contribution in [0.1, 0.15) is 36.4 Å². The van der Waals surface area contributed by atoms with E-state index >= 15 is 0 Å². The number of aromatic carboxylic acids is 1. The molecule has 1 heterocycles. The molecule has 0 radical (unpaired) electrons. The van der Waals surface area contributed by atoms with Gasteiger partial charge in [0.1, 0.15) is 4.88 Å². The number of hydrogen-bond acceptors (Lipinski definition) is 3. The monoisotopic (exact) mass is 244 g/mol. The van der Waals surface area contributed by atoms with Crippen LogP contribution in [-0.4, -0.2) is 16.8 Å². The lowest BCUT2D eigenvalue weighted by molar-refractivity contribution is 0.0702. The van der Waals surface area contributed by atoms with Crippen LogP contribution in [0.5, 0.6) is 0 Å². The molecule has 0 saturated heterocycles. The van der Waals surface area contributed by atoms with E-state index < -0.39 is 5.97 Å². The highest BCUT2D eigenvalue weighted by Gasteiger charge is 2.09. The number of thioether (sulfide) groups is 1. The molecule has 1 N–H and O–H groups in total. The second-order valence-electron chi connectivity index (χ2n) is 3.45. The molecule has 1 aromatic heterocycles. The van der Waals surface area contributed by atoms with Crippen molar-refractivity contribution in [2.45, 2.75) is 31.6 Å². The fraction of sp³-hybridized carbons (Fsp3) is 0.545. The Labute approximate surface area is 98.7 Å². The maximum absolute atomic E-state index is 10.7. The third-order valence-electron chi connectivity index (χ3n) is 2.43. The first kappa shape index (κ1) is 12.6. The Morgan fingerprint density at radius 1 is 1.53 bits per heavy atom. The van der Waals surface area contributed by atoms with Gasteiger partial charge in [0, 0.05) is 16.0 Å². The summed E-state index contributed by atoms with van der Waals surface area (Å²) in [5.41, 5.74) is 0. The van der Waals surface area contributed by atoms with Crippen molar-refractivity contribution < 1.29 is 9.90 Å². The fourth-order valence-corrected chi connectivity index (χ4v) is 3.44. The molecule has 0 spiro atoms. The third-order valence-corrected chi connectivity index (χ3v) is 4.70. The van der Waals surface area contributed by atoms with Gasteiger partial charge in [-0.1, -0.05) is 26.7 Å². The van der Waals surface area contributed by atoms with Crippen molar-refractivity contribution in [1.29, 1.82) is 0 Å². The van der Waals surface area contributed by atoms with E-state index in [1.54, 1.807) is 17.8 Å². The Bertz CT molecular complexity index is 316. The molecule has 0 bridgehead atoms. The van der Waals surface area contributed by atoms with Crippen LogP contribution in [0.2, 0.25) is 0 Å². The summed E-state index contributed by atoms with van der Waals surface area (Å²) < 4.78 is 0. The molecule has 0 aromatic carbocycles. The van der Waals surface area contributed by atoms with Gasteiger partial charge < -0.3 is 5.11 Å². The van der Waals surface area contributed by atoms with Gasteiger partial charge in [-0.05, 0) is 12.0 Å². The van der Waals surface area contributed by atoms with Gasteiger partial charge in [-0.25, -0.2) is 4.79 Å². The van der Waals surface area contributed by atoms with Gasteiger partial charge in [0.15, 0.2) is 0 Å². The van der Waals surface area contributed by atoms with Crippen molar-refractivity contribution in [3.05, 3.63) is 16.3 Å². The van der Waals surface area contributed by atoms with E-state index in [0.29, 0.717) is 4.88 Å². The van der Waals surface area contributed by atoms with Crippen LogP contribution in [0.15, 0.2) is 16.3 Å². The summed E-state index contributed by atoms with van der Waals surface area (Å²) in [6.45, 7) is 4.40. The lowest BCUT2D eigenvalue weighted by Gasteiger charge is -2.09. The first-order valence-electron chi connectivity index (χ1n) is 5.12. The van der Waals surface area contributed by atoms with Gasteiger partial charge in [0.05, 0.1) is 0 Å². The summed E-state index contributed by atoms with van der Waals surface area (Å²) in [4.78, 5) is 12.2. The Balaban J connectivity index is 2.47. The van der Waals surface area contributed by atoms with E-state index in [9.17, 15) is 4.79 Å². The number of carboxylic acids is 1. The number of carboxylic acid groups (broad SMARTS) is 1. The summed E-state index contributed by atoms with van der Waals surface area (Å²) in [6, 6.07) is 1.76. The highest BCUT2D eigenvalue weighted by Crippen LogP contribution is 2.27. The number of carbonyl (C=O) groups is 1. The van der Waals surface area contributed by atoms with Crippen LogP contribution in [0.3, 0.4) is 0 Å². The molecule has 0 saturated carbocycles. The maximum Gasteiger partial charge on any atom is 0.345 e. The first-order chi connectivity index (χ1) is 7.17. The number of hydrogen-bond donors (Lipinski definition) is 1. The van der Waals surface area contributed by atoms with E-state index in [-0.39, 0.29) is 0 Å². The van der Waals surface area contributed by atoms with Crippen LogP contribution < -0.4 is 0 Å². The third kappa shape index (κ3) is 3.87. The van der Waals surface area contributed by atoms with Gasteiger partial charge in [0.2, 0.25) is 0 Å². The van der Waals surface area contributed by atoms with Crippen molar-refractivity contribution in [3.63, 3.8) is 0 Å². The molecular weight excluding hydrogens is 228 g/mol. The Morgan fingerprint density at radius 2 is 2.20 bits per heavy atom. The minimum absolute atomic E-state index is 0.432.